The minimum atomic E-state index is -0.411. The van der Waals surface area contributed by atoms with Gasteiger partial charge in [0.1, 0.15) is 0 Å². The highest BCUT2D eigenvalue weighted by atomic mass is 79.9. The monoisotopic (exact) mass is 368 g/mol. The Kier molecular flexibility index (Phi) is 4.66. The molecule has 0 atom stereocenters. The van der Waals surface area contributed by atoms with Crippen LogP contribution < -0.4 is 5.32 Å². The van der Waals surface area contributed by atoms with Gasteiger partial charge in [0.25, 0.3) is 5.91 Å². The van der Waals surface area contributed by atoms with E-state index in [1.165, 1.54) is 0 Å². The summed E-state index contributed by atoms with van der Waals surface area (Å²) in [4.78, 5) is 12.2. The molecule has 0 radical (unpaired) electrons. The lowest BCUT2D eigenvalue weighted by Crippen LogP contribution is -2.13. The van der Waals surface area contributed by atoms with Gasteiger partial charge in [0.05, 0.1) is 32.9 Å². The predicted octanol–water partition coefficient (Wildman–Crippen LogP) is 4.88. The Bertz CT molecular complexity index is 705. The first kappa shape index (κ1) is 14.9. The molecule has 0 aliphatic heterocycles. The average molecular weight is 370 g/mol. The van der Waals surface area contributed by atoms with Gasteiger partial charge in [-0.3, -0.25) is 4.79 Å². The van der Waals surface area contributed by atoms with E-state index in [0.717, 1.165) is 0 Å². The first-order chi connectivity index (χ1) is 9.52. The fourth-order valence-corrected chi connectivity index (χ4v) is 2.63. The molecule has 0 heterocycles. The van der Waals surface area contributed by atoms with Crippen LogP contribution in [-0.4, -0.2) is 5.91 Å². The van der Waals surface area contributed by atoms with Crippen molar-refractivity contribution in [1.82, 2.24) is 0 Å². The summed E-state index contributed by atoms with van der Waals surface area (Å²) in [6.45, 7) is 0. The lowest BCUT2D eigenvalue weighted by atomic mass is 10.2. The number of amides is 1. The van der Waals surface area contributed by atoms with Crippen LogP contribution in [0.4, 0.5) is 5.69 Å². The second-order valence-electron chi connectivity index (χ2n) is 3.86. The van der Waals surface area contributed by atoms with Crippen molar-refractivity contribution in [3.8, 4) is 6.07 Å². The third-order valence-electron chi connectivity index (χ3n) is 2.54. The number of hydrogen-bond donors (Lipinski definition) is 1. The normalized spacial score (nSPS) is 9.90. The first-order valence-corrected chi connectivity index (χ1v) is 7.03. The molecule has 0 aliphatic rings. The fraction of sp³-hybridized carbons (Fsp3) is 0. The number of nitrogens with one attached hydrogen (secondary N) is 1. The number of carbonyl (C=O) groups is 1. The van der Waals surface area contributed by atoms with Crippen LogP contribution in [0.3, 0.4) is 0 Å². The molecule has 100 valence electrons. The standard InChI is InChI=1S/C14H7BrCl2N2O/c15-9-6-8(7-18)4-5-12(9)19-14(20)13-10(16)2-1-3-11(13)17/h1-6H,(H,19,20). The molecule has 6 heteroatoms. The molecule has 0 saturated heterocycles. The van der Waals surface area contributed by atoms with Gasteiger partial charge in [0.15, 0.2) is 0 Å². The molecule has 0 bridgehead atoms. The highest BCUT2D eigenvalue weighted by molar-refractivity contribution is 9.10. The molecule has 0 fully saturated rings. The Hall–Kier alpha value is -1.54. The van der Waals surface area contributed by atoms with Crippen LogP contribution in [0.1, 0.15) is 15.9 Å². The Morgan fingerprint density at radius 3 is 2.40 bits per heavy atom. The summed E-state index contributed by atoms with van der Waals surface area (Å²) in [7, 11) is 0. The number of benzene rings is 2. The molecule has 0 aliphatic carbocycles. The first-order valence-electron chi connectivity index (χ1n) is 5.48. The zero-order valence-electron chi connectivity index (χ0n) is 9.95. The highest BCUT2D eigenvalue weighted by Gasteiger charge is 2.15. The lowest BCUT2D eigenvalue weighted by Gasteiger charge is -2.10. The van der Waals surface area contributed by atoms with Crippen molar-refractivity contribution in [3.05, 3.63) is 62.0 Å². The molecule has 1 amide bonds. The summed E-state index contributed by atoms with van der Waals surface area (Å²) in [6.07, 6.45) is 0. The lowest BCUT2D eigenvalue weighted by molar-refractivity contribution is 0.102. The third kappa shape index (κ3) is 3.13. The molecule has 2 rings (SSSR count). The molecule has 2 aromatic rings. The average Bonchev–Trinajstić information content (AvgIpc) is 2.41. The fourth-order valence-electron chi connectivity index (χ4n) is 1.59. The van der Waals surface area contributed by atoms with Gasteiger partial charge in [-0.1, -0.05) is 29.3 Å². The van der Waals surface area contributed by atoms with Crippen molar-refractivity contribution in [3.63, 3.8) is 0 Å². The number of hydrogen-bond acceptors (Lipinski definition) is 2. The molecule has 0 spiro atoms. The van der Waals surface area contributed by atoms with E-state index < -0.39 is 5.91 Å². The number of halogens is 3. The van der Waals surface area contributed by atoms with Gasteiger partial charge in [-0.2, -0.15) is 5.26 Å². The van der Waals surface area contributed by atoms with Crippen molar-refractivity contribution in [2.75, 3.05) is 5.32 Å². The van der Waals surface area contributed by atoms with Gasteiger partial charge >= 0.3 is 0 Å². The zero-order valence-corrected chi connectivity index (χ0v) is 13.1. The number of rotatable bonds is 2. The zero-order chi connectivity index (χ0) is 14.7. The van der Waals surface area contributed by atoms with Crippen LogP contribution in [0.2, 0.25) is 10.0 Å². The van der Waals surface area contributed by atoms with Crippen molar-refractivity contribution in [1.29, 1.82) is 5.26 Å². The SMILES string of the molecule is N#Cc1ccc(NC(=O)c2c(Cl)cccc2Cl)c(Br)c1. The number of anilines is 1. The van der Waals surface area contributed by atoms with E-state index in [1.807, 2.05) is 6.07 Å². The molecular formula is C14H7BrCl2N2O. The maximum atomic E-state index is 12.2. The molecule has 0 aromatic heterocycles. The second-order valence-corrected chi connectivity index (χ2v) is 5.53. The largest absolute Gasteiger partial charge is 0.321 e. The Balaban J connectivity index is 2.31. The van der Waals surface area contributed by atoms with Crippen LogP contribution >= 0.6 is 39.1 Å². The Morgan fingerprint density at radius 1 is 1.20 bits per heavy atom. The quantitative estimate of drug-likeness (QED) is 0.820. The van der Waals surface area contributed by atoms with Crippen molar-refractivity contribution < 1.29 is 4.79 Å². The van der Waals surface area contributed by atoms with E-state index in [2.05, 4.69) is 21.2 Å². The Labute approximate surface area is 134 Å². The number of nitrogens with zero attached hydrogens (tertiary/aromatic N) is 1. The van der Waals surface area contributed by atoms with Gasteiger partial charge < -0.3 is 5.32 Å². The van der Waals surface area contributed by atoms with E-state index in [-0.39, 0.29) is 15.6 Å². The van der Waals surface area contributed by atoms with E-state index in [4.69, 9.17) is 28.5 Å². The van der Waals surface area contributed by atoms with E-state index in [1.54, 1.807) is 36.4 Å². The third-order valence-corrected chi connectivity index (χ3v) is 3.82. The maximum absolute atomic E-state index is 12.2. The van der Waals surface area contributed by atoms with E-state index in [0.29, 0.717) is 15.7 Å². The molecule has 1 N–H and O–H groups in total. The topological polar surface area (TPSA) is 52.9 Å². The molecule has 0 unspecified atom stereocenters. The molecule has 3 nitrogen and oxygen atoms in total. The summed E-state index contributed by atoms with van der Waals surface area (Å²) in [5.41, 5.74) is 1.24. The van der Waals surface area contributed by atoms with Crippen LogP contribution in [-0.2, 0) is 0 Å². The summed E-state index contributed by atoms with van der Waals surface area (Å²) < 4.78 is 0.605. The summed E-state index contributed by atoms with van der Waals surface area (Å²) in [5.74, 6) is -0.411. The van der Waals surface area contributed by atoms with Gasteiger partial charge in [-0.25, -0.2) is 0 Å². The van der Waals surface area contributed by atoms with Crippen molar-refractivity contribution >= 4 is 50.7 Å². The second kappa shape index (κ2) is 6.27. The van der Waals surface area contributed by atoms with Gasteiger partial charge in [-0.15, -0.1) is 0 Å². The molecule has 2 aromatic carbocycles. The Morgan fingerprint density at radius 2 is 1.85 bits per heavy atom. The minimum absolute atomic E-state index is 0.215. The summed E-state index contributed by atoms with van der Waals surface area (Å²) in [6, 6.07) is 11.7. The van der Waals surface area contributed by atoms with Crippen LogP contribution in [0.5, 0.6) is 0 Å². The van der Waals surface area contributed by atoms with Gasteiger partial charge in [0, 0.05) is 4.47 Å². The summed E-state index contributed by atoms with van der Waals surface area (Å²) in [5, 5.41) is 12.0. The van der Waals surface area contributed by atoms with Crippen molar-refractivity contribution in [2.24, 2.45) is 0 Å². The van der Waals surface area contributed by atoms with E-state index in [9.17, 15) is 4.79 Å². The van der Waals surface area contributed by atoms with Crippen molar-refractivity contribution in [2.45, 2.75) is 0 Å². The molecular weight excluding hydrogens is 363 g/mol. The van der Waals surface area contributed by atoms with Crippen LogP contribution in [0.25, 0.3) is 0 Å². The van der Waals surface area contributed by atoms with Crippen LogP contribution in [0.15, 0.2) is 40.9 Å². The highest BCUT2D eigenvalue weighted by Crippen LogP contribution is 2.28. The van der Waals surface area contributed by atoms with Gasteiger partial charge in [-0.05, 0) is 46.3 Å². The summed E-state index contributed by atoms with van der Waals surface area (Å²) >= 11 is 15.3. The van der Waals surface area contributed by atoms with E-state index >= 15 is 0 Å². The maximum Gasteiger partial charge on any atom is 0.258 e. The predicted molar refractivity (Wildman–Crippen MR) is 83.3 cm³/mol. The molecule has 0 saturated carbocycles. The minimum Gasteiger partial charge on any atom is -0.321 e. The number of carbonyl (C=O) groups excluding carboxylic acids is 1. The van der Waals surface area contributed by atoms with Gasteiger partial charge in [0.2, 0.25) is 0 Å². The molecule has 20 heavy (non-hydrogen) atoms. The smallest absolute Gasteiger partial charge is 0.258 e. The van der Waals surface area contributed by atoms with Crippen LogP contribution in [0, 0.1) is 11.3 Å². The number of nitriles is 1.